The van der Waals surface area contributed by atoms with Crippen LogP contribution in [0.5, 0.6) is 0 Å². The van der Waals surface area contributed by atoms with Crippen molar-refractivity contribution in [2.75, 3.05) is 13.7 Å². The Morgan fingerprint density at radius 2 is 2.19 bits per heavy atom. The number of carbonyl (C=O) groups excluding carboxylic acids is 1. The molecule has 1 aliphatic heterocycles. The van der Waals surface area contributed by atoms with E-state index < -0.39 is 0 Å². The molecule has 1 saturated carbocycles. The molecular formula is C19H26N4O4. The molecular weight excluding hydrogens is 348 g/mol. The van der Waals surface area contributed by atoms with Crippen molar-refractivity contribution in [2.24, 2.45) is 0 Å². The van der Waals surface area contributed by atoms with Crippen LogP contribution in [-0.2, 0) is 29.0 Å². The molecule has 0 spiro atoms. The lowest BCUT2D eigenvalue weighted by atomic mass is 9.99. The van der Waals surface area contributed by atoms with Crippen LogP contribution in [0.4, 0.5) is 0 Å². The van der Waals surface area contributed by atoms with Crippen LogP contribution in [0.3, 0.4) is 0 Å². The van der Waals surface area contributed by atoms with Crippen LogP contribution in [0, 0.1) is 0 Å². The van der Waals surface area contributed by atoms with Gasteiger partial charge in [-0.1, -0.05) is 5.16 Å². The number of aromatic nitrogens is 3. The summed E-state index contributed by atoms with van der Waals surface area (Å²) in [5, 5.41) is 11.8. The van der Waals surface area contributed by atoms with Crippen molar-refractivity contribution in [3.05, 3.63) is 34.5 Å². The second kappa shape index (κ2) is 7.44. The normalized spacial score (nSPS) is 21.9. The minimum Gasteiger partial charge on any atom is -0.383 e. The summed E-state index contributed by atoms with van der Waals surface area (Å²) in [6, 6.07) is 0. The predicted molar refractivity (Wildman–Crippen MR) is 96.4 cm³/mol. The van der Waals surface area contributed by atoms with Gasteiger partial charge in [-0.3, -0.25) is 9.48 Å². The highest BCUT2D eigenvalue weighted by Crippen LogP contribution is 2.40. The monoisotopic (exact) mass is 374 g/mol. The maximum Gasteiger partial charge on any atom is 0.270 e. The first-order chi connectivity index (χ1) is 13.1. The Kier molecular flexibility index (Phi) is 5.01. The van der Waals surface area contributed by atoms with E-state index in [1.165, 1.54) is 0 Å². The SMILES string of the molecule is COCCn1nc2c(c1C(=O)NCc1conc1C1CC1)C[C@H](C)O[C@@H]2C. The molecule has 4 rings (SSSR count). The van der Waals surface area contributed by atoms with Gasteiger partial charge in [0.15, 0.2) is 0 Å². The van der Waals surface area contributed by atoms with Gasteiger partial charge in [0.25, 0.3) is 5.91 Å². The molecule has 1 amide bonds. The van der Waals surface area contributed by atoms with Crippen LogP contribution in [0.1, 0.15) is 71.7 Å². The Balaban J connectivity index is 1.57. The summed E-state index contributed by atoms with van der Waals surface area (Å²) >= 11 is 0. The highest BCUT2D eigenvalue weighted by molar-refractivity contribution is 5.94. The fourth-order valence-electron chi connectivity index (χ4n) is 3.74. The first-order valence-electron chi connectivity index (χ1n) is 9.53. The van der Waals surface area contributed by atoms with Gasteiger partial charge in [-0.25, -0.2) is 0 Å². The van der Waals surface area contributed by atoms with Gasteiger partial charge < -0.3 is 19.3 Å². The molecule has 8 heteroatoms. The van der Waals surface area contributed by atoms with Gasteiger partial charge in [0.2, 0.25) is 0 Å². The van der Waals surface area contributed by atoms with Crippen LogP contribution in [0.15, 0.2) is 10.8 Å². The molecule has 1 N–H and O–H groups in total. The third-order valence-corrected chi connectivity index (χ3v) is 5.20. The van der Waals surface area contributed by atoms with E-state index in [9.17, 15) is 4.79 Å². The molecule has 1 fully saturated rings. The van der Waals surface area contributed by atoms with Crippen LogP contribution < -0.4 is 5.32 Å². The molecule has 0 bridgehead atoms. The summed E-state index contributed by atoms with van der Waals surface area (Å²) in [6.07, 6.45) is 4.51. The maximum atomic E-state index is 13.1. The van der Waals surface area contributed by atoms with Crippen molar-refractivity contribution < 1.29 is 18.8 Å². The lowest BCUT2D eigenvalue weighted by molar-refractivity contribution is -0.00716. The van der Waals surface area contributed by atoms with Crippen LogP contribution in [0.25, 0.3) is 0 Å². The smallest absolute Gasteiger partial charge is 0.270 e. The molecule has 2 atom stereocenters. The topological polar surface area (TPSA) is 91.4 Å². The zero-order valence-corrected chi connectivity index (χ0v) is 16.0. The minimum absolute atomic E-state index is 0.0543. The highest BCUT2D eigenvalue weighted by Gasteiger charge is 2.33. The van der Waals surface area contributed by atoms with E-state index in [0.717, 1.165) is 35.4 Å². The number of hydrogen-bond acceptors (Lipinski definition) is 6. The van der Waals surface area contributed by atoms with Gasteiger partial charge in [0.1, 0.15) is 12.0 Å². The van der Waals surface area contributed by atoms with Gasteiger partial charge in [-0.05, 0) is 26.7 Å². The number of rotatable bonds is 7. The molecule has 1 aliphatic carbocycles. The predicted octanol–water partition coefficient (Wildman–Crippen LogP) is 2.35. The van der Waals surface area contributed by atoms with E-state index in [1.54, 1.807) is 18.1 Å². The molecule has 8 nitrogen and oxygen atoms in total. The number of carbonyl (C=O) groups is 1. The molecule has 0 unspecified atom stereocenters. The molecule has 0 radical (unpaired) electrons. The minimum atomic E-state index is -0.135. The standard InChI is InChI=1S/C19H26N4O4/c1-11-8-15-16(12(2)27-11)21-23(6-7-25-3)18(15)19(24)20-9-14-10-26-22-17(14)13-4-5-13/h10-13H,4-9H2,1-3H3,(H,20,24)/t11-,12+/m0/s1. The largest absolute Gasteiger partial charge is 0.383 e. The summed E-state index contributed by atoms with van der Waals surface area (Å²) in [7, 11) is 1.64. The Morgan fingerprint density at radius 3 is 2.93 bits per heavy atom. The van der Waals surface area contributed by atoms with Crippen molar-refractivity contribution in [1.82, 2.24) is 20.3 Å². The van der Waals surface area contributed by atoms with E-state index >= 15 is 0 Å². The summed E-state index contributed by atoms with van der Waals surface area (Å²) in [4.78, 5) is 13.1. The molecule has 2 aromatic rings. The fraction of sp³-hybridized carbons (Fsp3) is 0.632. The number of nitrogens with zero attached hydrogens (tertiary/aromatic N) is 3. The first kappa shape index (κ1) is 18.2. The fourth-order valence-corrected chi connectivity index (χ4v) is 3.74. The second-order valence-electron chi connectivity index (χ2n) is 7.40. The summed E-state index contributed by atoms with van der Waals surface area (Å²) in [6.45, 7) is 5.41. The van der Waals surface area contributed by atoms with Crippen LogP contribution in [-0.4, -0.2) is 40.7 Å². The molecule has 146 valence electrons. The Hall–Kier alpha value is -2.19. The van der Waals surface area contributed by atoms with Gasteiger partial charge in [-0.15, -0.1) is 0 Å². The van der Waals surface area contributed by atoms with Crippen molar-refractivity contribution in [3.8, 4) is 0 Å². The number of amides is 1. The molecule has 2 aliphatic rings. The third kappa shape index (κ3) is 3.64. The number of methoxy groups -OCH3 is 1. The first-order valence-corrected chi connectivity index (χ1v) is 9.53. The van der Waals surface area contributed by atoms with Crippen molar-refractivity contribution in [1.29, 1.82) is 0 Å². The zero-order valence-electron chi connectivity index (χ0n) is 16.0. The van der Waals surface area contributed by atoms with Crippen molar-refractivity contribution in [3.63, 3.8) is 0 Å². The van der Waals surface area contributed by atoms with Crippen LogP contribution >= 0.6 is 0 Å². The van der Waals surface area contributed by atoms with Gasteiger partial charge in [0.05, 0.1) is 36.7 Å². The Morgan fingerprint density at radius 1 is 1.37 bits per heavy atom. The van der Waals surface area contributed by atoms with E-state index in [4.69, 9.17) is 14.0 Å². The summed E-state index contributed by atoms with van der Waals surface area (Å²) in [5.74, 6) is 0.346. The average Bonchev–Trinajstić information content (AvgIpc) is 3.25. The maximum absolute atomic E-state index is 13.1. The van der Waals surface area contributed by atoms with Gasteiger partial charge in [0, 0.05) is 37.1 Å². The number of fused-ring (bicyclic) bond motifs is 1. The average molecular weight is 374 g/mol. The van der Waals surface area contributed by atoms with E-state index in [2.05, 4.69) is 15.6 Å². The van der Waals surface area contributed by atoms with Crippen molar-refractivity contribution in [2.45, 2.75) is 64.3 Å². The molecule has 0 aromatic carbocycles. The Bertz CT molecular complexity index is 824. The van der Waals surface area contributed by atoms with E-state index in [-0.39, 0.29) is 18.1 Å². The summed E-state index contributed by atoms with van der Waals surface area (Å²) in [5.41, 5.74) is 4.35. The quantitative estimate of drug-likeness (QED) is 0.800. The van der Waals surface area contributed by atoms with Crippen LogP contribution in [0.2, 0.25) is 0 Å². The number of hydrogen-bond donors (Lipinski definition) is 1. The van der Waals surface area contributed by atoms with E-state index in [0.29, 0.717) is 37.7 Å². The lowest BCUT2D eigenvalue weighted by Crippen LogP contribution is -2.29. The van der Waals surface area contributed by atoms with Crippen molar-refractivity contribution >= 4 is 5.91 Å². The zero-order chi connectivity index (χ0) is 19.0. The van der Waals surface area contributed by atoms with Gasteiger partial charge in [-0.2, -0.15) is 5.10 Å². The van der Waals surface area contributed by atoms with E-state index in [1.807, 2.05) is 13.8 Å². The molecule has 27 heavy (non-hydrogen) atoms. The third-order valence-electron chi connectivity index (χ3n) is 5.20. The molecule has 0 saturated heterocycles. The summed E-state index contributed by atoms with van der Waals surface area (Å²) < 4.78 is 17.9. The number of nitrogens with one attached hydrogen (secondary N) is 1. The number of ether oxygens (including phenoxy) is 2. The lowest BCUT2D eigenvalue weighted by Gasteiger charge is -2.24. The highest BCUT2D eigenvalue weighted by atomic mass is 16.5. The van der Waals surface area contributed by atoms with Gasteiger partial charge >= 0.3 is 0 Å². The Labute approximate surface area is 158 Å². The molecule has 2 aromatic heterocycles. The second-order valence-corrected chi connectivity index (χ2v) is 7.40. The molecule has 3 heterocycles.